The molecule has 0 radical (unpaired) electrons. The number of hydrogen-bond acceptors (Lipinski definition) is 3. The summed E-state index contributed by atoms with van der Waals surface area (Å²) in [7, 11) is 2.14. The monoisotopic (exact) mass is 235 g/mol. The standard InChI is InChI=1S/C14H25N3/c1-9(2)12(5)17(6)8-13-11(4)14(15)10(3)7-16-13/h7,9,12H,8H2,1-6H3,(H2,15,16). The van der Waals surface area contributed by atoms with Crippen LogP contribution in [0.5, 0.6) is 0 Å². The molecule has 0 aliphatic heterocycles. The smallest absolute Gasteiger partial charge is 0.0593 e. The number of nitrogen functional groups attached to an aromatic ring is 1. The van der Waals surface area contributed by atoms with Gasteiger partial charge < -0.3 is 5.73 Å². The highest BCUT2D eigenvalue weighted by Gasteiger charge is 2.15. The molecule has 0 fully saturated rings. The van der Waals surface area contributed by atoms with Crippen LogP contribution in [0.2, 0.25) is 0 Å². The van der Waals surface area contributed by atoms with Crippen molar-refractivity contribution in [1.29, 1.82) is 0 Å². The van der Waals surface area contributed by atoms with Crippen LogP contribution < -0.4 is 5.73 Å². The first kappa shape index (κ1) is 14.0. The number of hydrogen-bond donors (Lipinski definition) is 1. The van der Waals surface area contributed by atoms with Gasteiger partial charge in [0.2, 0.25) is 0 Å². The van der Waals surface area contributed by atoms with Crippen LogP contribution in [0.3, 0.4) is 0 Å². The average Bonchev–Trinajstić information content (AvgIpc) is 2.28. The Bertz CT molecular complexity index is 385. The van der Waals surface area contributed by atoms with Gasteiger partial charge in [-0.25, -0.2) is 0 Å². The number of aryl methyl sites for hydroxylation is 1. The van der Waals surface area contributed by atoms with E-state index in [-0.39, 0.29) is 0 Å². The molecular formula is C14H25N3. The molecule has 3 heteroatoms. The van der Waals surface area contributed by atoms with E-state index in [0.717, 1.165) is 29.1 Å². The van der Waals surface area contributed by atoms with Crippen LogP contribution in [-0.2, 0) is 6.54 Å². The Morgan fingerprint density at radius 2 is 1.88 bits per heavy atom. The summed E-state index contributed by atoms with van der Waals surface area (Å²) in [5.41, 5.74) is 10.2. The Labute approximate surface area is 105 Å². The second-order valence-electron chi connectivity index (χ2n) is 5.33. The molecule has 17 heavy (non-hydrogen) atoms. The Balaban J connectivity index is 2.86. The Morgan fingerprint density at radius 1 is 1.29 bits per heavy atom. The first-order chi connectivity index (χ1) is 7.84. The topological polar surface area (TPSA) is 42.2 Å². The largest absolute Gasteiger partial charge is 0.398 e. The molecule has 1 rings (SSSR count). The number of rotatable bonds is 4. The summed E-state index contributed by atoms with van der Waals surface area (Å²) < 4.78 is 0. The third-order valence-electron chi connectivity index (χ3n) is 3.73. The van der Waals surface area contributed by atoms with Gasteiger partial charge in [0, 0.05) is 24.5 Å². The zero-order valence-corrected chi connectivity index (χ0v) is 11.9. The van der Waals surface area contributed by atoms with Gasteiger partial charge in [-0.3, -0.25) is 9.88 Å². The van der Waals surface area contributed by atoms with E-state index in [0.29, 0.717) is 12.0 Å². The van der Waals surface area contributed by atoms with Crippen LogP contribution in [0.25, 0.3) is 0 Å². The zero-order valence-electron chi connectivity index (χ0n) is 11.9. The first-order valence-corrected chi connectivity index (χ1v) is 6.25. The SMILES string of the molecule is Cc1cnc(CN(C)C(C)C(C)C)c(C)c1N. The second kappa shape index (κ2) is 5.50. The molecule has 2 N–H and O–H groups in total. The minimum Gasteiger partial charge on any atom is -0.398 e. The number of pyridine rings is 1. The van der Waals surface area contributed by atoms with Gasteiger partial charge in [-0.05, 0) is 44.9 Å². The van der Waals surface area contributed by atoms with E-state index in [1.165, 1.54) is 0 Å². The van der Waals surface area contributed by atoms with Crippen molar-refractivity contribution >= 4 is 5.69 Å². The van der Waals surface area contributed by atoms with E-state index >= 15 is 0 Å². The highest BCUT2D eigenvalue weighted by atomic mass is 15.1. The molecule has 3 nitrogen and oxygen atoms in total. The molecule has 0 saturated heterocycles. The summed E-state index contributed by atoms with van der Waals surface area (Å²) >= 11 is 0. The van der Waals surface area contributed by atoms with E-state index in [2.05, 4.69) is 44.6 Å². The number of nitrogens with zero attached hydrogens (tertiary/aromatic N) is 2. The lowest BCUT2D eigenvalue weighted by Gasteiger charge is -2.28. The van der Waals surface area contributed by atoms with Gasteiger partial charge in [-0.1, -0.05) is 13.8 Å². The summed E-state index contributed by atoms with van der Waals surface area (Å²) in [5, 5.41) is 0. The van der Waals surface area contributed by atoms with Crippen molar-refractivity contribution in [2.45, 2.75) is 47.2 Å². The van der Waals surface area contributed by atoms with Crippen molar-refractivity contribution in [2.24, 2.45) is 5.92 Å². The van der Waals surface area contributed by atoms with Crippen molar-refractivity contribution in [3.05, 3.63) is 23.0 Å². The van der Waals surface area contributed by atoms with E-state index in [1.54, 1.807) is 0 Å². The zero-order chi connectivity index (χ0) is 13.2. The molecule has 0 saturated carbocycles. The van der Waals surface area contributed by atoms with Crippen molar-refractivity contribution in [3.8, 4) is 0 Å². The molecule has 0 bridgehead atoms. The summed E-state index contributed by atoms with van der Waals surface area (Å²) in [5.74, 6) is 0.642. The van der Waals surface area contributed by atoms with Gasteiger partial charge in [0.15, 0.2) is 0 Å². The quantitative estimate of drug-likeness (QED) is 0.872. The summed E-state index contributed by atoms with van der Waals surface area (Å²) in [6.45, 7) is 11.6. The number of anilines is 1. The first-order valence-electron chi connectivity index (χ1n) is 6.25. The average molecular weight is 235 g/mol. The highest BCUT2D eigenvalue weighted by Crippen LogP contribution is 2.20. The van der Waals surface area contributed by atoms with Crippen molar-refractivity contribution in [2.75, 3.05) is 12.8 Å². The fourth-order valence-corrected chi connectivity index (χ4v) is 1.84. The van der Waals surface area contributed by atoms with E-state index < -0.39 is 0 Å². The molecule has 0 aromatic carbocycles. The molecule has 0 aliphatic rings. The maximum atomic E-state index is 6.04. The Morgan fingerprint density at radius 3 is 2.41 bits per heavy atom. The van der Waals surface area contributed by atoms with E-state index in [1.807, 2.05) is 13.1 Å². The summed E-state index contributed by atoms with van der Waals surface area (Å²) in [6.07, 6.45) is 1.87. The minimum absolute atomic E-state index is 0.540. The van der Waals surface area contributed by atoms with Crippen LogP contribution >= 0.6 is 0 Å². The fraction of sp³-hybridized carbons (Fsp3) is 0.643. The van der Waals surface area contributed by atoms with E-state index in [4.69, 9.17) is 5.73 Å². The van der Waals surface area contributed by atoms with Gasteiger partial charge >= 0.3 is 0 Å². The van der Waals surface area contributed by atoms with Crippen LogP contribution in [0, 0.1) is 19.8 Å². The van der Waals surface area contributed by atoms with E-state index in [9.17, 15) is 0 Å². The lowest BCUT2D eigenvalue weighted by Crippen LogP contribution is -2.33. The molecule has 1 aromatic rings. The fourth-order valence-electron chi connectivity index (χ4n) is 1.84. The van der Waals surface area contributed by atoms with Gasteiger partial charge in [0.1, 0.15) is 0 Å². The van der Waals surface area contributed by atoms with Gasteiger partial charge in [-0.2, -0.15) is 0 Å². The number of aromatic nitrogens is 1. The van der Waals surface area contributed by atoms with Crippen LogP contribution in [0.1, 0.15) is 37.6 Å². The predicted octanol–water partition coefficient (Wildman–Crippen LogP) is 2.76. The Hall–Kier alpha value is -1.09. The normalized spacial score (nSPS) is 13.4. The lowest BCUT2D eigenvalue weighted by molar-refractivity contribution is 0.198. The number of nitrogens with two attached hydrogens (primary N) is 1. The molecule has 1 heterocycles. The van der Waals surface area contributed by atoms with Crippen LogP contribution in [-0.4, -0.2) is 23.0 Å². The molecule has 1 unspecified atom stereocenters. The summed E-state index contributed by atoms with van der Waals surface area (Å²) in [6, 6.07) is 0.540. The third-order valence-corrected chi connectivity index (χ3v) is 3.73. The maximum absolute atomic E-state index is 6.04. The highest BCUT2D eigenvalue weighted by molar-refractivity contribution is 5.53. The van der Waals surface area contributed by atoms with Crippen molar-refractivity contribution < 1.29 is 0 Å². The van der Waals surface area contributed by atoms with Gasteiger partial charge in [0.05, 0.1) is 5.69 Å². The molecular weight excluding hydrogens is 210 g/mol. The van der Waals surface area contributed by atoms with Crippen LogP contribution in [0.4, 0.5) is 5.69 Å². The maximum Gasteiger partial charge on any atom is 0.0593 e. The molecule has 1 atom stereocenters. The third kappa shape index (κ3) is 3.19. The summed E-state index contributed by atoms with van der Waals surface area (Å²) in [4.78, 5) is 6.83. The van der Waals surface area contributed by atoms with Gasteiger partial charge in [0.25, 0.3) is 0 Å². The minimum atomic E-state index is 0.540. The van der Waals surface area contributed by atoms with Gasteiger partial charge in [-0.15, -0.1) is 0 Å². The molecule has 0 spiro atoms. The van der Waals surface area contributed by atoms with Crippen molar-refractivity contribution in [3.63, 3.8) is 0 Å². The lowest BCUT2D eigenvalue weighted by atomic mass is 10.0. The molecule has 1 aromatic heterocycles. The molecule has 0 amide bonds. The predicted molar refractivity (Wildman–Crippen MR) is 73.9 cm³/mol. The van der Waals surface area contributed by atoms with Crippen molar-refractivity contribution in [1.82, 2.24) is 9.88 Å². The Kier molecular flexibility index (Phi) is 4.52. The van der Waals surface area contributed by atoms with Crippen LogP contribution in [0.15, 0.2) is 6.20 Å². The molecule has 96 valence electrons. The second-order valence-corrected chi connectivity index (χ2v) is 5.33. The molecule has 0 aliphatic carbocycles.